The number of aliphatic imine (C=N–C) groups is 1. The molecule has 2 aromatic heterocycles. The van der Waals surface area contributed by atoms with Crippen molar-refractivity contribution in [3.63, 3.8) is 0 Å². The van der Waals surface area contributed by atoms with Gasteiger partial charge in [0.25, 0.3) is 0 Å². The van der Waals surface area contributed by atoms with Gasteiger partial charge in [0, 0.05) is 40.5 Å². The fourth-order valence-corrected chi connectivity index (χ4v) is 4.44. The van der Waals surface area contributed by atoms with Crippen LogP contribution in [0.4, 0.5) is 18.9 Å². The molecule has 0 fully saturated rings. The molecule has 0 aliphatic heterocycles. The number of fused-ring (bicyclic) bond motifs is 3. The fourth-order valence-electron chi connectivity index (χ4n) is 4.44. The summed E-state index contributed by atoms with van der Waals surface area (Å²) in [5.41, 5.74) is 9.59. The molecule has 5 nitrogen and oxygen atoms in total. The van der Waals surface area contributed by atoms with Gasteiger partial charge in [-0.25, -0.2) is 4.98 Å². The molecule has 0 saturated heterocycles. The van der Waals surface area contributed by atoms with Crippen molar-refractivity contribution in [2.24, 2.45) is 10.7 Å². The van der Waals surface area contributed by atoms with Crippen LogP contribution >= 0.6 is 0 Å². The fraction of sp³-hybridized carbons (Fsp3) is 0.133. The first-order chi connectivity index (χ1) is 18.1. The molecular weight excluding hydrogens is 489 g/mol. The van der Waals surface area contributed by atoms with Crippen LogP contribution in [-0.2, 0) is 6.18 Å². The molecule has 0 aliphatic rings. The Morgan fingerprint density at radius 3 is 2.39 bits per heavy atom. The highest BCUT2D eigenvalue weighted by Gasteiger charge is 2.31. The van der Waals surface area contributed by atoms with E-state index >= 15 is 0 Å². The number of nitrogens with zero attached hydrogens (tertiary/aromatic N) is 3. The van der Waals surface area contributed by atoms with Gasteiger partial charge in [-0.15, -0.1) is 0 Å². The lowest BCUT2D eigenvalue weighted by Crippen LogP contribution is -2.07. The number of aryl methyl sites for hydroxylation is 1. The Morgan fingerprint density at radius 1 is 0.921 bits per heavy atom. The zero-order chi connectivity index (χ0) is 27.0. The van der Waals surface area contributed by atoms with E-state index < -0.39 is 11.7 Å². The molecule has 0 radical (unpaired) electrons. The normalized spacial score (nSPS) is 12.9. The van der Waals surface area contributed by atoms with Crippen LogP contribution in [0.15, 0.2) is 95.8 Å². The number of para-hydroxylation sites is 1. The van der Waals surface area contributed by atoms with Gasteiger partial charge >= 0.3 is 6.18 Å². The van der Waals surface area contributed by atoms with Crippen molar-refractivity contribution in [1.82, 2.24) is 9.55 Å². The topological polar surface area (TPSA) is 65.4 Å². The van der Waals surface area contributed by atoms with Gasteiger partial charge in [0.1, 0.15) is 17.3 Å². The van der Waals surface area contributed by atoms with Crippen molar-refractivity contribution in [2.75, 3.05) is 0 Å². The summed E-state index contributed by atoms with van der Waals surface area (Å²) < 4.78 is 48.3. The molecule has 192 valence electrons. The van der Waals surface area contributed by atoms with E-state index in [0.29, 0.717) is 22.7 Å². The molecule has 2 heterocycles. The SMILES string of the molecule is CC(N)=CC(C)=Nc1cc(Oc2ccc3c4ccccc4n(-c4cc(C(F)(F)F)ccn4)c3c2)ccc1C. The molecule has 2 N–H and O–H groups in total. The van der Waals surface area contributed by atoms with Crippen LogP contribution in [0.25, 0.3) is 27.6 Å². The summed E-state index contributed by atoms with van der Waals surface area (Å²) in [4.78, 5) is 8.91. The maximum Gasteiger partial charge on any atom is 0.416 e. The third kappa shape index (κ3) is 4.98. The lowest BCUT2D eigenvalue weighted by atomic mass is 10.1. The second-order valence-corrected chi connectivity index (χ2v) is 9.12. The highest BCUT2D eigenvalue weighted by molar-refractivity contribution is 6.09. The molecule has 0 atom stereocenters. The standard InChI is InChI=1S/C30H25F3N4O/c1-18-8-9-22(16-26(18)36-20(3)14-19(2)34)38-23-10-11-25-24-6-4-5-7-27(24)37(28(25)17-23)29-15-21(12-13-35-29)30(31,32)33/h4-17H,34H2,1-3H3. The Balaban J connectivity index is 1.61. The van der Waals surface area contributed by atoms with Crippen LogP contribution in [0.3, 0.4) is 0 Å². The summed E-state index contributed by atoms with van der Waals surface area (Å²) in [6.07, 6.45) is -1.51. The van der Waals surface area contributed by atoms with E-state index in [0.717, 1.165) is 45.4 Å². The summed E-state index contributed by atoms with van der Waals surface area (Å²) >= 11 is 0. The van der Waals surface area contributed by atoms with Crippen LogP contribution in [0, 0.1) is 6.92 Å². The van der Waals surface area contributed by atoms with Crippen LogP contribution in [0.1, 0.15) is 25.0 Å². The Labute approximate surface area is 217 Å². The highest BCUT2D eigenvalue weighted by Crippen LogP contribution is 2.37. The molecule has 3 aromatic carbocycles. The van der Waals surface area contributed by atoms with Crippen LogP contribution < -0.4 is 10.5 Å². The van der Waals surface area contributed by atoms with Crippen molar-refractivity contribution in [2.45, 2.75) is 26.9 Å². The zero-order valence-corrected chi connectivity index (χ0v) is 21.0. The van der Waals surface area contributed by atoms with Gasteiger partial charge in [0.05, 0.1) is 22.3 Å². The maximum atomic E-state index is 13.5. The lowest BCUT2D eigenvalue weighted by molar-refractivity contribution is -0.137. The zero-order valence-electron chi connectivity index (χ0n) is 21.0. The minimum atomic E-state index is -4.48. The molecule has 0 unspecified atom stereocenters. The van der Waals surface area contributed by atoms with Crippen LogP contribution in [0.2, 0.25) is 0 Å². The number of hydrogen-bond donors (Lipinski definition) is 1. The van der Waals surface area contributed by atoms with E-state index in [1.54, 1.807) is 17.6 Å². The van der Waals surface area contributed by atoms with Gasteiger partial charge in [-0.3, -0.25) is 9.56 Å². The minimum Gasteiger partial charge on any atom is -0.457 e. The molecule has 38 heavy (non-hydrogen) atoms. The van der Waals surface area contributed by atoms with Gasteiger partial charge in [-0.05, 0) is 68.8 Å². The van der Waals surface area contributed by atoms with Crippen molar-refractivity contribution in [1.29, 1.82) is 0 Å². The van der Waals surface area contributed by atoms with Gasteiger partial charge in [-0.1, -0.05) is 24.3 Å². The van der Waals surface area contributed by atoms with Gasteiger partial charge in [0.15, 0.2) is 0 Å². The molecule has 8 heteroatoms. The van der Waals surface area contributed by atoms with Crippen molar-refractivity contribution < 1.29 is 17.9 Å². The molecule has 5 aromatic rings. The third-order valence-corrected chi connectivity index (χ3v) is 6.10. The number of rotatable bonds is 5. The number of hydrogen-bond acceptors (Lipinski definition) is 4. The Morgan fingerprint density at radius 2 is 1.63 bits per heavy atom. The number of benzene rings is 3. The second-order valence-electron chi connectivity index (χ2n) is 9.12. The Kier molecular flexibility index (Phi) is 6.40. The van der Waals surface area contributed by atoms with E-state index in [1.165, 1.54) is 6.20 Å². The van der Waals surface area contributed by atoms with E-state index in [4.69, 9.17) is 10.5 Å². The van der Waals surface area contributed by atoms with Crippen molar-refractivity contribution in [3.8, 4) is 17.3 Å². The highest BCUT2D eigenvalue weighted by atomic mass is 19.4. The molecule has 0 bridgehead atoms. The number of ether oxygens (including phenoxy) is 1. The number of aromatic nitrogens is 2. The summed E-state index contributed by atoms with van der Waals surface area (Å²) in [7, 11) is 0. The average Bonchev–Trinajstić information content (AvgIpc) is 3.19. The summed E-state index contributed by atoms with van der Waals surface area (Å²) in [5.74, 6) is 1.28. The first kappa shape index (κ1) is 25.1. The molecule has 5 rings (SSSR count). The average molecular weight is 515 g/mol. The van der Waals surface area contributed by atoms with E-state index in [2.05, 4.69) is 9.98 Å². The smallest absolute Gasteiger partial charge is 0.416 e. The molecule has 0 amide bonds. The molecule has 0 aliphatic carbocycles. The molecular formula is C30H25F3N4O. The van der Waals surface area contributed by atoms with Gasteiger partial charge < -0.3 is 10.5 Å². The number of nitrogens with two attached hydrogens (primary N) is 1. The number of halogens is 3. The summed E-state index contributed by atoms with van der Waals surface area (Å²) in [6.45, 7) is 5.63. The van der Waals surface area contributed by atoms with Gasteiger partial charge in [-0.2, -0.15) is 13.2 Å². The van der Waals surface area contributed by atoms with Crippen molar-refractivity contribution >= 4 is 33.2 Å². The van der Waals surface area contributed by atoms with Crippen LogP contribution in [0.5, 0.6) is 11.5 Å². The predicted octanol–water partition coefficient (Wildman–Crippen LogP) is 8.25. The molecule has 0 saturated carbocycles. The van der Waals surface area contributed by atoms with E-state index in [-0.39, 0.29) is 5.82 Å². The van der Waals surface area contributed by atoms with Crippen LogP contribution in [-0.4, -0.2) is 15.3 Å². The maximum absolute atomic E-state index is 13.5. The van der Waals surface area contributed by atoms with E-state index in [1.807, 2.05) is 74.5 Å². The Hall–Kier alpha value is -4.59. The number of allylic oxidation sites excluding steroid dienone is 2. The first-order valence-electron chi connectivity index (χ1n) is 11.9. The number of pyridine rings is 1. The minimum absolute atomic E-state index is 0.175. The quantitative estimate of drug-likeness (QED) is 0.240. The summed E-state index contributed by atoms with van der Waals surface area (Å²) in [6, 6.07) is 20.7. The molecule has 0 spiro atoms. The number of alkyl halides is 3. The third-order valence-electron chi connectivity index (χ3n) is 6.10. The predicted molar refractivity (Wildman–Crippen MR) is 146 cm³/mol. The summed E-state index contributed by atoms with van der Waals surface area (Å²) in [5, 5.41) is 1.78. The monoisotopic (exact) mass is 514 g/mol. The van der Waals surface area contributed by atoms with E-state index in [9.17, 15) is 13.2 Å². The lowest BCUT2D eigenvalue weighted by Gasteiger charge is -2.12. The largest absolute Gasteiger partial charge is 0.457 e. The first-order valence-corrected chi connectivity index (χ1v) is 11.9. The van der Waals surface area contributed by atoms with Gasteiger partial charge in [0.2, 0.25) is 0 Å². The second kappa shape index (κ2) is 9.70. The van der Waals surface area contributed by atoms with Crippen molar-refractivity contribution in [3.05, 3.63) is 102 Å². The Bertz CT molecular complexity index is 1730.